The van der Waals surface area contributed by atoms with Crippen molar-refractivity contribution < 1.29 is 0 Å². The van der Waals surface area contributed by atoms with Crippen LogP contribution in [0.25, 0.3) is 16.9 Å². The molecule has 0 aliphatic rings. The molecular weight excluding hydrogens is 210 g/mol. The van der Waals surface area contributed by atoms with E-state index in [-0.39, 0.29) is 0 Å². The first-order valence-electron chi connectivity index (χ1n) is 5.76. The molecular formula is C14H13N3. The lowest BCUT2D eigenvalue weighted by atomic mass is 10.1. The summed E-state index contributed by atoms with van der Waals surface area (Å²) in [5.41, 5.74) is 4.39. The minimum Gasteiger partial charge on any atom is -0.297 e. The first-order chi connectivity index (χ1) is 8.40. The molecule has 0 atom stereocenters. The Bertz CT molecular complexity index is 641. The minimum atomic E-state index is 0.906. The molecule has 1 aromatic carbocycles. The van der Waals surface area contributed by atoms with Crippen molar-refractivity contribution in [3.63, 3.8) is 0 Å². The second-order valence-corrected chi connectivity index (χ2v) is 3.93. The quantitative estimate of drug-likeness (QED) is 0.668. The molecule has 0 aliphatic carbocycles. The van der Waals surface area contributed by atoms with Crippen molar-refractivity contribution >= 4 is 5.65 Å². The van der Waals surface area contributed by atoms with Crippen molar-refractivity contribution in [3.8, 4) is 11.3 Å². The molecule has 3 nitrogen and oxygen atoms in total. The highest BCUT2D eigenvalue weighted by Gasteiger charge is 2.11. The van der Waals surface area contributed by atoms with Gasteiger partial charge in [-0.15, -0.1) is 0 Å². The fraction of sp³-hybridized carbons (Fsp3) is 0.143. The molecule has 0 saturated carbocycles. The normalized spacial score (nSPS) is 10.9. The molecule has 0 bridgehead atoms. The van der Waals surface area contributed by atoms with Crippen LogP contribution in [0.5, 0.6) is 0 Å². The van der Waals surface area contributed by atoms with Gasteiger partial charge in [0.1, 0.15) is 0 Å². The van der Waals surface area contributed by atoms with Crippen LogP contribution in [0.2, 0.25) is 0 Å². The number of benzene rings is 1. The molecule has 84 valence electrons. The van der Waals surface area contributed by atoms with E-state index >= 15 is 0 Å². The van der Waals surface area contributed by atoms with Gasteiger partial charge in [0.2, 0.25) is 0 Å². The van der Waals surface area contributed by atoms with E-state index in [4.69, 9.17) is 0 Å². The third-order valence-electron chi connectivity index (χ3n) is 2.88. The van der Waals surface area contributed by atoms with Crippen LogP contribution in [0.15, 0.2) is 48.9 Å². The Morgan fingerprint density at radius 2 is 2.00 bits per heavy atom. The summed E-state index contributed by atoms with van der Waals surface area (Å²) in [6.45, 7) is 2.13. The Morgan fingerprint density at radius 1 is 1.18 bits per heavy atom. The zero-order valence-electron chi connectivity index (χ0n) is 9.67. The molecule has 2 aromatic heterocycles. The number of fused-ring (bicyclic) bond motifs is 1. The minimum absolute atomic E-state index is 0.906. The van der Waals surface area contributed by atoms with Gasteiger partial charge in [0.25, 0.3) is 0 Å². The third kappa shape index (κ3) is 1.60. The number of imidazole rings is 1. The molecule has 0 spiro atoms. The fourth-order valence-corrected chi connectivity index (χ4v) is 2.10. The van der Waals surface area contributed by atoms with Gasteiger partial charge in [-0.25, -0.2) is 4.98 Å². The van der Waals surface area contributed by atoms with Crippen molar-refractivity contribution in [1.29, 1.82) is 0 Å². The lowest BCUT2D eigenvalue weighted by Gasteiger charge is -2.03. The Balaban J connectivity index is 2.34. The van der Waals surface area contributed by atoms with Crippen molar-refractivity contribution in [2.24, 2.45) is 0 Å². The second-order valence-electron chi connectivity index (χ2n) is 3.93. The van der Waals surface area contributed by atoms with Crippen LogP contribution in [0.1, 0.15) is 12.6 Å². The van der Waals surface area contributed by atoms with E-state index in [9.17, 15) is 0 Å². The second kappa shape index (κ2) is 4.01. The number of hydrogen-bond acceptors (Lipinski definition) is 2. The first kappa shape index (κ1) is 10.0. The maximum atomic E-state index is 4.61. The molecule has 0 radical (unpaired) electrons. The predicted molar refractivity (Wildman–Crippen MR) is 67.8 cm³/mol. The highest BCUT2D eigenvalue weighted by atomic mass is 15.0. The molecule has 0 aliphatic heterocycles. The number of nitrogens with zero attached hydrogens (tertiary/aromatic N) is 3. The number of rotatable bonds is 2. The monoisotopic (exact) mass is 223 g/mol. The zero-order chi connectivity index (χ0) is 11.7. The van der Waals surface area contributed by atoms with Crippen LogP contribution in [0, 0.1) is 0 Å². The summed E-state index contributed by atoms with van der Waals surface area (Å²) >= 11 is 0. The van der Waals surface area contributed by atoms with Gasteiger partial charge in [-0.1, -0.05) is 37.3 Å². The summed E-state index contributed by atoms with van der Waals surface area (Å²) in [5.74, 6) is 0. The maximum Gasteiger partial charge on any atom is 0.156 e. The summed E-state index contributed by atoms with van der Waals surface area (Å²) in [4.78, 5) is 8.72. The Labute approximate surface area is 99.8 Å². The Morgan fingerprint density at radius 3 is 2.76 bits per heavy atom. The summed E-state index contributed by atoms with van der Waals surface area (Å²) in [5, 5.41) is 0. The molecule has 3 heteroatoms. The van der Waals surface area contributed by atoms with Crippen molar-refractivity contribution in [3.05, 3.63) is 54.6 Å². The van der Waals surface area contributed by atoms with Crippen LogP contribution in [0.4, 0.5) is 0 Å². The number of aromatic nitrogens is 3. The van der Waals surface area contributed by atoms with Crippen LogP contribution >= 0.6 is 0 Å². The van der Waals surface area contributed by atoms with E-state index in [1.165, 1.54) is 11.3 Å². The molecule has 3 aromatic rings. The van der Waals surface area contributed by atoms with Crippen LogP contribution in [0.3, 0.4) is 0 Å². The van der Waals surface area contributed by atoms with Gasteiger partial charge in [0.15, 0.2) is 5.65 Å². The predicted octanol–water partition coefficient (Wildman–Crippen LogP) is 2.96. The molecule has 2 heterocycles. The fourth-order valence-electron chi connectivity index (χ4n) is 2.10. The molecule has 3 rings (SSSR count). The van der Waals surface area contributed by atoms with Crippen LogP contribution < -0.4 is 0 Å². The van der Waals surface area contributed by atoms with Gasteiger partial charge in [-0.3, -0.25) is 9.38 Å². The highest BCUT2D eigenvalue weighted by Crippen LogP contribution is 2.24. The summed E-state index contributed by atoms with van der Waals surface area (Å²) in [7, 11) is 0. The van der Waals surface area contributed by atoms with Crippen LogP contribution in [-0.2, 0) is 6.42 Å². The van der Waals surface area contributed by atoms with E-state index in [0.717, 1.165) is 17.8 Å². The van der Waals surface area contributed by atoms with E-state index in [0.29, 0.717) is 0 Å². The maximum absolute atomic E-state index is 4.61. The molecule has 0 fully saturated rings. The van der Waals surface area contributed by atoms with Gasteiger partial charge >= 0.3 is 0 Å². The van der Waals surface area contributed by atoms with Gasteiger partial charge in [-0.2, -0.15) is 0 Å². The Hall–Kier alpha value is -2.16. The lowest BCUT2D eigenvalue weighted by molar-refractivity contribution is 1.07. The molecule has 0 saturated heterocycles. The first-order valence-corrected chi connectivity index (χ1v) is 5.76. The topological polar surface area (TPSA) is 30.2 Å². The summed E-state index contributed by atoms with van der Waals surface area (Å²) in [6.07, 6.45) is 6.47. The number of hydrogen-bond donors (Lipinski definition) is 0. The van der Waals surface area contributed by atoms with Crippen LogP contribution in [-0.4, -0.2) is 14.4 Å². The van der Waals surface area contributed by atoms with Gasteiger partial charge < -0.3 is 0 Å². The number of aryl methyl sites for hydroxylation is 1. The van der Waals surface area contributed by atoms with E-state index in [2.05, 4.69) is 45.6 Å². The largest absolute Gasteiger partial charge is 0.297 e. The summed E-state index contributed by atoms with van der Waals surface area (Å²) < 4.78 is 2.10. The lowest BCUT2D eigenvalue weighted by Crippen LogP contribution is -1.90. The van der Waals surface area contributed by atoms with E-state index in [1.807, 2.05) is 12.3 Å². The van der Waals surface area contributed by atoms with Crippen molar-refractivity contribution in [1.82, 2.24) is 14.4 Å². The molecule has 0 amide bonds. The average molecular weight is 223 g/mol. The van der Waals surface area contributed by atoms with Gasteiger partial charge in [-0.05, 0) is 6.42 Å². The molecule has 0 unspecified atom stereocenters. The standard InChI is InChI=1S/C14H13N3/c1-2-12-14(11-6-4-3-5-7-11)17-9-8-15-10-13(17)16-12/h3-10H,2H2,1H3. The van der Waals surface area contributed by atoms with Gasteiger partial charge in [0, 0.05) is 18.0 Å². The Kier molecular flexibility index (Phi) is 2.37. The SMILES string of the molecule is CCc1nc2cnccn2c1-c1ccccc1. The third-order valence-corrected chi connectivity index (χ3v) is 2.88. The van der Waals surface area contributed by atoms with Crippen molar-refractivity contribution in [2.75, 3.05) is 0 Å². The van der Waals surface area contributed by atoms with E-state index < -0.39 is 0 Å². The average Bonchev–Trinajstić information content (AvgIpc) is 2.78. The van der Waals surface area contributed by atoms with Crippen molar-refractivity contribution in [2.45, 2.75) is 13.3 Å². The molecule has 17 heavy (non-hydrogen) atoms. The van der Waals surface area contributed by atoms with E-state index in [1.54, 1.807) is 12.4 Å². The molecule has 0 N–H and O–H groups in total. The summed E-state index contributed by atoms with van der Waals surface area (Å²) in [6, 6.07) is 10.4. The zero-order valence-corrected chi connectivity index (χ0v) is 9.67. The smallest absolute Gasteiger partial charge is 0.156 e. The highest BCUT2D eigenvalue weighted by molar-refractivity contribution is 5.66. The van der Waals surface area contributed by atoms with Gasteiger partial charge in [0.05, 0.1) is 17.6 Å².